The second-order valence-electron chi connectivity index (χ2n) is 5.39. The summed E-state index contributed by atoms with van der Waals surface area (Å²) in [7, 11) is 0. The molecule has 1 amide bonds. The number of hydrogen-bond donors (Lipinski definition) is 2. The van der Waals surface area contributed by atoms with Gasteiger partial charge in [-0.3, -0.25) is 9.48 Å². The van der Waals surface area contributed by atoms with Crippen molar-refractivity contribution in [2.24, 2.45) is 0 Å². The number of hydrogen-bond acceptors (Lipinski definition) is 4. The predicted molar refractivity (Wildman–Crippen MR) is 84.0 cm³/mol. The van der Waals surface area contributed by atoms with Gasteiger partial charge in [0.25, 0.3) is 5.91 Å². The van der Waals surface area contributed by atoms with Crippen molar-refractivity contribution in [1.29, 1.82) is 0 Å². The van der Waals surface area contributed by atoms with Crippen LogP contribution in [0.4, 0.5) is 5.69 Å². The Bertz CT molecular complexity index is 466. The van der Waals surface area contributed by atoms with Gasteiger partial charge in [0.05, 0.1) is 11.9 Å². The van der Waals surface area contributed by atoms with Crippen molar-refractivity contribution in [3.05, 3.63) is 11.9 Å². The Morgan fingerprint density at radius 1 is 1.50 bits per heavy atom. The smallest absolute Gasteiger partial charge is 0.271 e. The second kappa shape index (κ2) is 6.52. The molecule has 1 aliphatic rings. The van der Waals surface area contributed by atoms with Gasteiger partial charge in [-0.15, -0.1) is 0 Å². The van der Waals surface area contributed by atoms with Crippen molar-refractivity contribution in [1.82, 2.24) is 15.1 Å². The van der Waals surface area contributed by atoms with E-state index in [4.69, 9.17) is 5.73 Å². The molecule has 1 heterocycles. The normalized spacial score (nSPS) is 17.9. The Balaban J connectivity index is 2.02. The fraction of sp³-hybridized carbons (Fsp3) is 0.714. The van der Waals surface area contributed by atoms with Gasteiger partial charge in [0.2, 0.25) is 0 Å². The molecule has 1 aromatic heterocycles. The molecular formula is C14H24N4OS. The van der Waals surface area contributed by atoms with Crippen LogP contribution in [-0.4, -0.2) is 33.2 Å². The molecule has 0 bridgehead atoms. The molecule has 5 nitrogen and oxygen atoms in total. The number of thioether (sulfide) groups is 1. The SMILES string of the molecule is CCn1ncc(N)c1C(=O)NCC1(SC)CCCCC1. The highest BCUT2D eigenvalue weighted by atomic mass is 32.2. The topological polar surface area (TPSA) is 72.9 Å². The molecule has 3 N–H and O–H groups in total. The van der Waals surface area contributed by atoms with Gasteiger partial charge in [-0.1, -0.05) is 19.3 Å². The Morgan fingerprint density at radius 2 is 2.20 bits per heavy atom. The number of nitrogen functional groups attached to an aromatic ring is 1. The number of anilines is 1. The number of rotatable bonds is 5. The quantitative estimate of drug-likeness (QED) is 0.874. The van der Waals surface area contributed by atoms with Crippen LogP contribution in [0.3, 0.4) is 0 Å². The Morgan fingerprint density at radius 3 is 2.80 bits per heavy atom. The molecule has 0 radical (unpaired) electrons. The van der Waals surface area contributed by atoms with E-state index in [2.05, 4.69) is 16.7 Å². The van der Waals surface area contributed by atoms with E-state index < -0.39 is 0 Å². The Hall–Kier alpha value is -1.17. The minimum atomic E-state index is -0.110. The number of nitrogens with one attached hydrogen (secondary N) is 1. The molecule has 0 aromatic carbocycles. The van der Waals surface area contributed by atoms with Crippen LogP contribution in [-0.2, 0) is 6.54 Å². The highest BCUT2D eigenvalue weighted by Gasteiger charge is 2.32. The number of aryl methyl sites for hydroxylation is 1. The first-order valence-corrected chi connectivity index (χ1v) is 8.49. The fourth-order valence-electron chi connectivity index (χ4n) is 2.86. The van der Waals surface area contributed by atoms with E-state index in [9.17, 15) is 4.79 Å². The van der Waals surface area contributed by atoms with Crippen LogP contribution < -0.4 is 11.1 Å². The minimum absolute atomic E-state index is 0.110. The second-order valence-corrected chi connectivity index (χ2v) is 6.67. The van der Waals surface area contributed by atoms with Crippen LogP contribution in [0.2, 0.25) is 0 Å². The molecule has 0 aliphatic heterocycles. The lowest BCUT2D eigenvalue weighted by Gasteiger charge is -2.35. The zero-order valence-corrected chi connectivity index (χ0v) is 13.1. The van der Waals surface area contributed by atoms with Crippen LogP contribution in [0.1, 0.15) is 49.5 Å². The molecule has 0 saturated heterocycles. The average molecular weight is 296 g/mol. The van der Waals surface area contributed by atoms with E-state index in [1.165, 1.54) is 32.1 Å². The molecule has 0 spiro atoms. The van der Waals surface area contributed by atoms with Crippen molar-refractivity contribution in [2.45, 2.75) is 50.3 Å². The molecule has 20 heavy (non-hydrogen) atoms. The van der Waals surface area contributed by atoms with Gasteiger partial charge < -0.3 is 11.1 Å². The first kappa shape index (κ1) is 15.2. The Labute approximate surface area is 124 Å². The molecule has 1 fully saturated rings. The summed E-state index contributed by atoms with van der Waals surface area (Å²) in [4.78, 5) is 12.3. The van der Waals surface area contributed by atoms with Crippen LogP contribution in [0.5, 0.6) is 0 Å². The number of nitrogens with zero attached hydrogens (tertiary/aromatic N) is 2. The summed E-state index contributed by atoms with van der Waals surface area (Å²) in [6, 6.07) is 0. The third-order valence-electron chi connectivity index (χ3n) is 4.15. The molecular weight excluding hydrogens is 272 g/mol. The van der Waals surface area contributed by atoms with Crippen LogP contribution in [0, 0.1) is 0 Å². The highest BCUT2D eigenvalue weighted by molar-refractivity contribution is 8.00. The fourth-order valence-corrected chi connectivity index (χ4v) is 3.78. The van der Waals surface area contributed by atoms with E-state index in [0.29, 0.717) is 24.5 Å². The summed E-state index contributed by atoms with van der Waals surface area (Å²) in [5, 5.41) is 7.17. The maximum Gasteiger partial charge on any atom is 0.271 e. The van der Waals surface area contributed by atoms with Crippen LogP contribution in [0.15, 0.2) is 6.20 Å². The van der Waals surface area contributed by atoms with Gasteiger partial charge in [-0.05, 0) is 26.0 Å². The maximum absolute atomic E-state index is 12.3. The van der Waals surface area contributed by atoms with Gasteiger partial charge in [0.1, 0.15) is 5.69 Å². The third kappa shape index (κ3) is 3.11. The lowest BCUT2D eigenvalue weighted by Crippen LogP contribution is -2.42. The zero-order chi connectivity index (χ0) is 14.6. The van der Waals surface area contributed by atoms with Gasteiger partial charge in [0, 0.05) is 17.8 Å². The molecule has 112 valence electrons. The monoisotopic (exact) mass is 296 g/mol. The lowest BCUT2D eigenvalue weighted by molar-refractivity contribution is 0.0937. The van der Waals surface area contributed by atoms with Crippen LogP contribution in [0.25, 0.3) is 0 Å². The minimum Gasteiger partial charge on any atom is -0.396 e. The van der Waals surface area contributed by atoms with Gasteiger partial charge in [-0.25, -0.2) is 0 Å². The summed E-state index contributed by atoms with van der Waals surface area (Å²) < 4.78 is 1.84. The first-order chi connectivity index (χ1) is 9.62. The molecule has 2 rings (SSSR count). The van der Waals surface area contributed by atoms with Gasteiger partial charge >= 0.3 is 0 Å². The van der Waals surface area contributed by atoms with E-state index in [1.807, 2.05) is 18.7 Å². The highest BCUT2D eigenvalue weighted by Crippen LogP contribution is 2.38. The van der Waals surface area contributed by atoms with Crippen molar-refractivity contribution >= 4 is 23.4 Å². The standard InChI is InChI=1S/C14H24N4OS/c1-3-18-12(11(15)9-17-18)13(19)16-10-14(20-2)7-5-4-6-8-14/h9H,3-8,10,15H2,1-2H3,(H,16,19). The van der Waals surface area contributed by atoms with Crippen molar-refractivity contribution in [3.8, 4) is 0 Å². The van der Waals surface area contributed by atoms with Crippen molar-refractivity contribution in [2.75, 3.05) is 18.5 Å². The summed E-state index contributed by atoms with van der Waals surface area (Å²) in [5.74, 6) is -0.110. The number of aromatic nitrogens is 2. The van der Waals surface area contributed by atoms with E-state index in [1.54, 1.807) is 10.9 Å². The predicted octanol–water partition coefficient (Wildman–Crippen LogP) is 2.28. The lowest BCUT2D eigenvalue weighted by atomic mass is 9.88. The van der Waals surface area contributed by atoms with Gasteiger partial charge in [-0.2, -0.15) is 16.9 Å². The largest absolute Gasteiger partial charge is 0.396 e. The molecule has 1 aliphatic carbocycles. The average Bonchev–Trinajstić information content (AvgIpc) is 2.87. The molecule has 1 saturated carbocycles. The van der Waals surface area contributed by atoms with E-state index >= 15 is 0 Å². The zero-order valence-electron chi connectivity index (χ0n) is 12.3. The number of carbonyl (C=O) groups is 1. The summed E-state index contributed by atoms with van der Waals surface area (Å²) in [5.41, 5.74) is 6.78. The molecule has 1 aromatic rings. The van der Waals surface area contributed by atoms with Crippen molar-refractivity contribution < 1.29 is 4.79 Å². The number of nitrogens with two attached hydrogens (primary N) is 1. The maximum atomic E-state index is 12.3. The van der Waals surface area contributed by atoms with Crippen molar-refractivity contribution in [3.63, 3.8) is 0 Å². The third-order valence-corrected chi connectivity index (χ3v) is 5.57. The Kier molecular flexibility index (Phi) is 4.96. The first-order valence-electron chi connectivity index (χ1n) is 7.26. The molecule has 0 atom stereocenters. The summed E-state index contributed by atoms with van der Waals surface area (Å²) in [6.07, 6.45) is 9.86. The number of carbonyl (C=O) groups excluding carboxylic acids is 1. The summed E-state index contributed by atoms with van der Waals surface area (Å²) >= 11 is 1.88. The number of amides is 1. The van der Waals surface area contributed by atoms with Crippen LogP contribution >= 0.6 is 11.8 Å². The van der Waals surface area contributed by atoms with E-state index in [-0.39, 0.29) is 10.7 Å². The van der Waals surface area contributed by atoms with Gasteiger partial charge in [0.15, 0.2) is 0 Å². The summed E-state index contributed by atoms with van der Waals surface area (Å²) in [6.45, 7) is 3.31. The van der Waals surface area contributed by atoms with E-state index in [0.717, 1.165) is 0 Å². The molecule has 0 unspecified atom stereocenters. The molecule has 6 heteroatoms.